The standard InChI is InChI=1S/C11H13N3O2/c1-7-4-3-5-8-9(7)13-11(16)14(6-12-2)10(8)15/h3-5,12H,6H2,1-2H3,(H,13,16). The summed E-state index contributed by atoms with van der Waals surface area (Å²) in [7, 11) is 1.69. The second-order valence-corrected chi connectivity index (χ2v) is 3.67. The van der Waals surface area contributed by atoms with Crippen molar-refractivity contribution in [1.29, 1.82) is 0 Å². The van der Waals surface area contributed by atoms with E-state index in [9.17, 15) is 9.59 Å². The van der Waals surface area contributed by atoms with Crippen LogP contribution in [0.4, 0.5) is 0 Å². The van der Waals surface area contributed by atoms with Gasteiger partial charge in [0.05, 0.1) is 17.6 Å². The number of rotatable bonds is 2. The summed E-state index contributed by atoms with van der Waals surface area (Å²) < 4.78 is 1.14. The van der Waals surface area contributed by atoms with Gasteiger partial charge < -0.3 is 10.3 Å². The number of hydrogen-bond acceptors (Lipinski definition) is 3. The number of H-pyrrole nitrogens is 1. The van der Waals surface area contributed by atoms with E-state index in [1.54, 1.807) is 19.2 Å². The minimum Gasteiger partial charge on any atom is -0.306 e. The lowest BCUT2D eigenvalue weighted by atomic mass is 10.1. The topological polar surface area (TPSA) is 66.9 Å². The molecule has 1 aromatic carbocycles. The Balaban J connectivity index is 2.90. The van der Waals surface area contributed by atoms with Crippen molar-refractivity contribution in [2.24, 2.45) is 0 Å². The molecule has 0 aliphatic heterocycles. The molecule has 0 fully saturated rings. The van der Waals surface area contributed by atoms with Gasteiger partial charge in [0, 0.05) is 0 Å². The average Bonchev–Trinajstić information content (AvgIpc) is 2.26. The molecule has 5 heteroatoms. The first kappa shape index (κ1) is 10.6. The molecule has 0 saturated heterocycles. The molecule has 2 rings (SSSR count). The lowest BCUT2D eigenvalue weighted by molar-refractivity contribution is 0.573. The Hall–Kier alpha value is -1.88. The maximum Gasteiger partial charge on any atom is 0.329 e. The van der Waals surface area contributed by atoms with Crippen LogP contribution >= 0.6 is 0 Å². The third-order valence-electron chi connectivity index (χ3n) is 2.54. The Morgan fingerprint density at radius 2 is 2.12 bits per heavy atom. The molecule has 16 heavy (non-hydrogen) atoms. The molecule has 0 aliphatic carbocycles. The Morgan fingerprint density at radius 1 is 1.38 bits per heavy atom. The van der Waals surface area contributed by atoms with Crippen molar-refractivity contribution < 1.29 is 0 Å². The maximum atomic E-state index is 12.0. The van der Waals surface area contributed by atoms with Crippen LogP contribution in [-0.4, -0.2) is 16.6 Å². The van der Waals surface area contributed by atoms with E-state index >= 15 is 0 Å². The van der Waals surface area contributed by atoms with Gasteiger partial charge in [-0.1, -0.05) is 12.1 Å². The molecule has 0 spiro atoms. The van der Waals surface area contributed by atoms with Gasteiger partial charge in [0.25, 0.3) is 5.56 Å². The summed E-state index contributed by atoms with van der Waals surface area (Å²) in [5.74, 6) is 0. The highest BCUT2D eigenvalue weighted by molar-refractivity contribution is 5.80. The van der Waals surface area contributed by atoms with Crippen LogP contribution in [0.2, 0.25) is 0 Å². The quantitative estimate of drug-likeness (QED) is 0.757. The number of aromatic amines is 1. The SMILES string of the molecule is CNCn1c(=O)[nH]c2c(C)cccc2c1=O. The van der Waals surface area contributed by atoms with Crippen LogP contribution in [0.15, 0.2) is 27.8 Å². The van der Waals surface area contributed by atoms with Gasteiger partial charge in [-0.05, 0) is 25.6 Å². The Bertz CT molecular complexity index is 640. The minimum atomic E-state index is -0.388. The molecule has 0 atom stereocenters. The molecule has 0 bridgehead atoms. The van der Waals surface area contributed by atoms with Gasteiger partial charge in [-0.15, -0.1) is 0 Å². The number of para-hydroxylation sites is 1. The van der Waals surface area contributed by atoms with Crippen molar-refractivity contribution in [2.45, 2.75) is 13.6 Å². The molecule has 2 N–H and O–H groups in total. The summed E-state index contributed by atoms with van der Waals surface area (Å²) in [5, 5.41) is 3.32. The van der Waals surface area contributed by atoms with E-state index in [2.05, 4.69) is 10.3 Å². The van der Waals surface area contributed by atoms with E-state index in [0.29, 0.717) is 10.9 Å². The van der Waals surface area contributed by atoms with Crippen molar-refractivity contribution in [3.63, 3.8) is 0 Å². The van der Waals surface area contributed by atoms with Gasteiger partial charge >= 0.3 is 5.69 Å². The minimum absolute atomic E-state index is 0.206. The van der Waals surface area contributed by atoms with E-state index in [0.717, 1.165) is 10.1 Å². The zero-order chi connectivity index (χ0) is 11.7. The van der Waals surface area contributed by atoms with E-state index in [-0.39, 0.29) is 17.9 Å². The van der Waals surface area contributed by atoms with Crippen molar-refractivity contribution in [2.75, 3.05) is 7.05 Å². The van der Waals surface area contributed by atoms with Gasteiger partial charge in [-0.25, -0.2) is 9.36 Å². The fraction of sp³-hybridized carbons (Fsp3) is 0.273. The summed E-state index contributed by atoms with van der Waals surface area (Å²) in [4.78, 5) is 26.4. The second-order valence-electron chi connectivity index (χ2n) is 3.67. The zero-order valence-corrected chi connectivity index (χ0v) is 9.20. The van der Waals surface area contributed by atoms with Crippen LogP contribution in [0.5, 0.6) is 0 Å². The van der Waals surface area contributed by atoms with Crippen LogP contribution in [0.3, 0.4) is 0 Å². The Morgan fingerprint density at radius 3 is 2.81 bits per heavy atom. The molecule has 2 aromatic rings. The highest BCUT2D eigenvalue weighted by Gasteiger charge is 2.07. The van der Waals surface area contributed by atoms with Crippen LogP contribution < -0.4 is 16.6 Å². The number of aromatic nitrogens is 2. The predicted molar refractivity (Wildman–Crippen MR) is 62.6 cm³/mol. The van der Waals surface area contributed by atoms with Crippen molar-refractivity contribution in [3.8, 4) is 0 Å². The molecule has 0 aliphatic rings. The van der Waals surface area contributed by atoms with Crippen molar-refractivity contribution in [1.82, 2.24) is 14.9 Å². The molecule has 0 saturated carbocycles. The molecule has 0 radical (unpaired) electrons. The average molecular weight is 219 g/mol. The summed E-state index contributed by atoms with van der Waals surface area (Å²) >= 11 is 0. The number of nitrogens with zero attached hydrogens (tertiary/aromatic N) is 1. The Kier molecular flexibility index (Phi) is 2.62. The lowest BCUT2D eigenvalue weighted by Gasteiger charge is -2.06. The fourth-order valence-electron chi connectivity index (χ4n) is 1.73. The number of benzene rings is 1. The van der Waals surface area contributed by atoms with E-state index < -0.39 is 0 Å². The molecule has 84 valence electrons. The molecule has 0 unspecified atom stereocenters. The van der Waals surface area contributed by atoms with Gasteiger partial charge in [0.2, 0.25) is 0 Å². The number of hydrogen-bond donors (Lipinski definition) is 2. The normalized spacial score (nSPS) is 10.9. The molecule has 0 amide bonds. The number of aryl methyl sites for hydroxylation is 1. The first-order valence-corrected chi connectivity index (χ1v) is 5.02. The van der Waals surface area contributed by atoms with E-state index in [1.165, 1.54) is 0 Å². The van der Waals surface area contributed by atoms with Gasteiger partial charge in [-0.2, -0.15) is 0 Å². The largest absolute Gasteiger partial charge is 0.329 e. The third-order valence-corrected chi connectivity index (χ3v) is 2.54. The summed E-state index contributed by atoms with van der Waals surface area (Å²) in [5.41, 5.74) is 0.853. The number of nitrogens with one attached hydrogen (secondary N) is 2. The van der Waals surface area contributed by atoms with Gasteiger partial charge in [-0.3, -0.25) is 4.79 Å². The van der Waals surface area contributed by atoms with Crippen LogP contribution in [0, 0.1) is 6.92 Å². The highest BCUT2D eigenvalue weighted by atomic mass is 16.2. The van der Waals surface area contributed by atoms with Gasteiger partial charge in [0.15, 0.2) is 0 Å². The van der Waals surface area contributed by atoms with E-state index in [1.807, 2.05) is 13.0 Å². The smallest absolute Gasteiger partial charge is 0.306 e. The van der Waals surface area contributed by atoms with Crippen LogP contribution in [0.1, 0.15) is 5.56 Å². The Labute approximate surface area is 91.7 Å². The van der Waals surface area contributed by atoms with Crippen molar-refractivity contribution in [3.05, 3.63) is 44.6 Å². The predicted octanol–water partition coefficient (Wildman–Crippen LogP) is 0.175. The van der Waals surface area contributed by atoms with Crippen molar-refractivity contribution >= 4 is 10.9 Å². The second kappa shape index (κ2) is 3.94. The monoisotopic (exact) mass is 219 g/mol. The molecule has 1 heterocycles. The molecule has 5 nitrogen and oxygen atoms in total. The van der Waals surface area contributed by atoms with Crippen LogP contribution in [-0.2, 0) is 6.67 Å². The highest BCUT2D eigenvalue weighted by Crippen LogP contribution is 2.09. The molecular formula is C11H13N3O2. The van der Waals surface area contributed by atoms with Crippen LogP contribution in [0.25, 0.3) is 10.9 Å². The zero-order valence-electron chi connectivity index (χ0n) is 9.20. The first-order valence-electron chi connectivity index (χ1n) is 5.02. The van der Waals surface area contributed by atoms with Gasteiger partial charge in [0.1, 0.15) is 0 Å². The van der Waals surface area contributed by atoms with E-state index in [4.69, 9.17) is 0 Å². The summed E-state index contributed by atoms with van der Waals surface area (Å²) in [6.45, 7) is 2.07. The lowest BCUT2D eigenvalue weighted by Crippen LogP contribution is -2.38. The summed E-state index contributed by atoms with van der Waals surface area (Å²) in [6, 6.07) is 5.38. The molecular weight excluding hydrogens is 206 g/mol. The first-order chi connectivity index (χ1) is 7.65. The molecule has 1 aromatic heterocycles. The number of fused-ring (bicyclic) bond motifs is 1. The fourth-order valence-corrected chi connectivity index (χ4v) is 1.73. The third kappa shape index (κ3) is 1.55. The maximum absolute atomic E-state index is 12.0. The summed E-state index contributed by atoms with van der Waals surface area (Å²) in [6.07, 6.45) is 0.